The summed E-state index contributed by atoms with van der Waals surface area (Å²) in [5.74, 6) is -2.28. The number of sulfonamides is 1. The van der Waals surface area contributed by atoms with Crippen molar-refractivity contribution in [3.8, 4) is 0 Å². The number of amides is 1. The minimum atomic E-state index is -4.09. The van der Waals surface area contributed by atoms with Crippen molar-refractivity contribution in [2.45, 2.75) is 18.7 Å². The van der Waals surface area contributed by atoms with E-state index in [9.17, 15) is 18.0 Å². The van der Waals surface area contributed by atoms with E-state index < -0.39 is 35.0 Å². The highest BCUT2D eigenvalue weighted by Crippen LogP contribution is 2.20. The lowest BCUT2D eigenvalue weighted by Crippen LogP contribution is -2.41. The highest BCUT2D eigenvalue weighted by Gasteiger charge is 2.29. The molecule has 1 rings (SSSR count). The van der Waals surface area contributed by atoms with Crippen LogP contribution in [-0.2, 0) is 19.6 Å². The van der Waals surface area contributed by atoms with Crippen LogP contribution in [0.2, 0.25) is 0 Å². The van der Waals surface area contributed by atoms with E-state index in [1.807, 2.05) is 6.92 Å². The second kappa shape index (κ2) is 6.02. The lowest BCUT2D eigenvalue weighted by Gasteiger charge is -2.20. The largest absolute Gasteiger partial charge is 0.480 e. The van der Waals surface area contributed by atoms with Gasteiger partial charge in [-0.15, -0.1) is 0 Å². The van der Waals surface area contributed by atoms with E-state index in [1.54, 1.807) is 19.1 Å². The monoisotopic (exact) mass is 300 g/mol. The summed E-state index contributed by atoms with van der Waals surface area (Å²) in [6.07, 6.45) is 0. The second-order valence-electron chi connectivity index (χ2n) is 4.40. The molecule has 7 nitrogen and oxygen atoms in total. The van der Waals surface area contributed by atoms with Crippen LogP contribution in [-0.4, -0.2) is 42.8 Å². The highest BCUT2D eigenvalue weighted by molar-refractivity contribution is 7.89. The molecule has 0 aliphatic heterocycles. The first kappa shape index (κ1) is 16.1. The van der Waals surface area contributed by atoms with Crippen LogP contribution in [0.25, 0.3) is 0 Å². The molecule has 1 amide bonds. The molecule has 0 unspecified atom stereocenters. The average Bonchev–Trinajstić information content (AvgIpc) is 2.26. The van der Waals surface area contributed by atoms with Crippen molar-refractivity contribution in [3.05, 3.63) is 29.3 Å². The standard InChI is InChI=1S/C12H16N2O5S/c1-8-3-4-10(9(2)5-8)20(18,19)14(6-11(13)15)7-12(16)17/h3-5H,6-7H2,1-2H3,(H2,13,15)(H,16,17). The lowest BCUT2D eigenvalue weighted by atomic mass is 10.2. The number of aliphatic carboxylic acids is 1. The number of nitrogens with two attached hydrogens (primary N) is 1. The van der Waals surface area contributed by atoms with E-state index in [1.165, 1.54) is 6.07 Å². The molecule has 8 heteroatoms. The Morgan fingerprint density at radius 3 is 2.30 bits per heavy atom. The summed E-state index contributed by atoms with van der Waals surface area (Å²) in [5.41, 5.74) is 6.32. The van der Waals surface area contributed by atoms with Gasteiger partial charge in [-0.1, -0.05) is 17.7 Å². The molecule has 110 valence electrons. The van der Waals surface area contributed by atoms with Crippen LogP contribution in [0.5, 0.6) is 0 Å². The molecule has 0 fully saturated rings. The number of rotatable bonds is 6. The molecule has 0 spiro atoms. The molecular weight excluding hydrogens is 284 g/mol. The van der Waals surface area contributed by atoms with Crippen molar-refractivity contribution in [1.82, 2.24) is 4.31 Å². The fraction of sp³-hybridized carbons (Fsp3) is 0.333. The summed E-state index contributed by atoms with van der Waals surface area (Å²) in [5, 5.41) is 8.76. The Morgan fingerprint density at radius 1 is 1.25 bits per heavy atom. The number of carbonyl (C=O) groups is 2. The van der Waals surface area contributed by atoms with Gasteiger partial charge in [-0.2, -0.15) is 4.31 Å². The Morgan fingerprint density at radius 2 is 1.85 bits per heavy atom. The summed E-state index contributed by atoms with van der Waals surface area (Å²) >= 11 is 0. The molecule has 3 N–H and O–H groups in total. The number of aryl methyl sites for hydroxylation is 2. The third-order valence-corrected chi connectivity index (χ3v) is 4.54. The number of primary amides is 1. The van der Waals surface area contributed by atoms with Gasteiger partial charge >= 0.3 is 5.97 Å². The van der Waals surface area contributed by atoms with Gasteiger partial charge in [0, 0.05) is 0 Å². The van der Waals surface area contributed by atoms with Crippen LogP contribution >= 0.6 is 0 Å². The Kier molecular flexibility index (Phi) is 4.85. The molecule has 0 aromatic heterocycles. The van der Waals surface area contributed by atoms with Gasteiger partial charge in [-0.3, -0.25) is 9.59 Å². The topological polar surface area (TPSA) is 118 Å². The number of hydrogen-bond acceptors (Lipinski definition) is 4. The normalized spacial score (nSPS) is 11.6. The fourth-order valence-corrected chi connectivity index (χ4v) is 3.34. The van der Waals surface area contributed by atoms with E-state index in [4.69, 9.17) is 10.8 Å². The van der Waals surface area contributed by atoms with Crippen LogP contribution in [0.3, 0.4) is 0 Å². The minimum Gasteiger partial charge on any atom is -0.480 e. The summed E-state index contributed by atoms with van der Waals surface area (Å²) in [7, 11) is -4.09. The number of nitrogens with zero attached hydrogens (tertiary/aromatic N) is 1. The van der Waals surface area contributed by atoms with Crippen molar-refractivity contribution in [3.63, 3.8) is 0 Å². The third-order valence-electron chi connectivity index (χ3n) is 2.59. The van der Waals surface area contributed by atoms with E-state index >= 15 is 0 Å². The third kappa shape index (κ3) is 3.78. The van der Waals surface area contributed by atoms with Crippen LogP contribution in [0.1, 0.15) is 11.1 Å². The molecule has 0 saturated carbocycles. The van der Waals surface area contributed by atoms with E-state index in [-0.39, 0.29) is 4.90 Å². The molecule has 0 saturated heterocycles. The first-order valence-corrected chi connectivity index (χ1v) is 7.16. The van der Waals surface area contributed by atoms with Crippen molar-refractivity contribution in [1.29, 1.82) is 0 Å². The lowest BCUT2D eigenvalue weighted by molar-refractivity contribution is -0.137. The first-order valence-electron chi connectivity index (χ1n) is 5.72. The summed E-state index contributed by atoms with van der Waals surface area (Å²) in [4.78, 5) is 21.6. The molecular formula is C12H16N2O5S. The van der Waals surface area contributed by atoms with Gasteiger partial charge in [0.1, 0.15) is 6.54 Å². The predicted molar refractivity (Wildman–Crippen MR) is 71.5 cm³/mol. The summed E-state index contributed by atoms with van der Waals surface area (Å²) in [6.45, 7) is 1.91. The molecule has 0 bridgehead atoms. The summed E-state index contributed by atoms with van der Waals surface area (Å²) < 4.78 is 25.3. The highest BCUT2D eigenvalue weighted by atomic mass is 32.2. The Bertz CT molecular complexity index is 623. The maximum atomic E-state index is 12.4. The number of carboxylic acids is 1. The average molecular weight is 300 g/mol. The Labute approximate surface area is 117 Å². The Balaban J connectivity index is 3.28. The predicted octanol–water partition coefficient (Wildman–Crippen LogP) is -0.136. The first-order chi connectivity index (χ1) is 9.14. The number of carbonyl (C=O) groups excluding carboxylic acids is 1. The molecule has 0 radical (unpaired) electrons. The van der Waals surface area contributed by atoms with Crippen molar-refractivity contribution < 1.29 is 23.1 Å². The van der Waals surface area contributed by atoms with Gasteiger partial charge in [0.2, 0.25) is 15.9 Å². The van der Waals surface area contributed by atoms with Crippen molar-refractivity contribution >= 4 is 21.9 Å². The molecule has 1 aromatic carbocycles. The smallest absolute Gasteiger partial charge is 0.318 e. The van der Waals surface area contributed by atoms with Crippen LogP contribution in [0.4, 0.5) is 0 Å². The van der Waals surface area contributed by atoms with Crippen LogP contribution in [0.15, 0.2) is 23.1 Å². The SMILES string of the molecule is Cc1ccc(S(=O)(=O)N(CC(N)=O)CC(=O)O)c(C)c1. The van der Waals surface area contributed by atoms with Gasteiger partial charge in [0.05, 0.1) is 11.4 Å². The van der Waals surface area contributed by atoms with Gasteiger partial charge in [-0.25, -0.2) is 8.42 Å². The van der Waals surface area contributed by atoms with E-state index in [0.29, 0.717) is 9.87 Å². The molecule has 1 aromatic rings. The van der Waals surface area contributed by atoms with Crippen molar-refractivity contribution in [2.24, 2.45) is 5.73 Å². The van der Waals surface area contributed by atoms with Gasteiger partial charge < -0.3 is 10.8 Å². The van der Waals surface area contributed by atoms with Crippen LogP contribution < -0.4 is 5.73 Å². The molecule has 0 heterocycles. The van der Waals surface area contributed by atoms with Crippen LogP contribution in [0, 0.1) is 13.8 Å². The van der Waals surface area contributed by atoms with Gasteiger partial charge in [0.25, 0.3) is 0 Å². The van der Waals surface area contributed by atoms with Gasteiger partial charge in [0.15, 0.2) is 0 Å². The minimum absolute atomic E-state index is 0.0365. The quantitative estimate of drug-likeness (QED) is 0.758. The summed E-state index contributed by atoms with van der Waals surface area (Å²) in [6, 6.07) is 4.65. The zero-order valence-corrected chi connectivity index (χ0v) is 12.0. The number of hydrogen-bond donors (Lipinski definition) is 2. The van der Waals surface area contributed by atoms with Gasteiger partial charge in [-0.05, 0) is 25.5 Å². The Hall–Kier alpha value is -1.93. The maximum Gasteiger partial charge on any atom is 0.318 e. The zero-order chi connectivity index (χ0) is 15.5. The van der Waals surface area contributed by atoms with E-state index in [2.05, 4.69) is 0 Å². The number of benzene rings is 1. The second-order valence-corrected chi connectivity index (χ2v) is 6.31. The number of carboxylic acid groups (broad SMARTS) is 1. The molecule has 0 aliphatic rings. The molecule has 20 heavy (non-hydrogen) atoms. The maximum absolute atomic E-state index is 12.4. The molecule has 0 aliphatic carbocycles. The molecule has 0 atom stereocenters. The fourth-order valence-electron chi connectivity index (χ4n) is 1.78. The zero-order valence-electron chi connectivity index (χ0n) is 11.2. The van der Waals surface area contributed by atoms with Crippen molar-refractivity contribution in [2.75, 3.05) is 13.1 Å². The van der Waals surface area contributed by atoms with E-state index in [0.717, 1.165) is 5.56 Å².